The zero-order valence-electron chi connectivity index (χ0n) is 18.0. The monoisotopic (exact) mass is 430 g/mol. The number of ether oxygens (including phenoxy) is 1. The topological polar surface area (TPSA) is 75.7 Å². The van der Waals surface area contributed by atoms with E-state index in [9.17, 15) is 13.2 Å². The van der Waals surface area contributed by atoms with Gasteiger partial charge in [0.1, 0.15) is 5.60 Å². The van der Waals surface area contributed by atoms with E-state index in [4.69, 9.17) is 4.74 Å². The molecule has 0 unspecified atom stereocenters. The van der Waals surface area contributed by atoms with E-state index in [1.54, 1.807) is 30.3 Å². The number of esters is 1. The van der Waals surface area contributed by atoms with Crippen molar-refractivity contribution in [2.45, 2.75) is 51.0 Å². The minimum atomic E-state index is -3.69. The lowest BCUT2D eigenvalue weighted by atomic mass is 9.96. The van der Waals surface area contributed by atoms with Gasteiger partial charge in [-0.2, -0.15) is 0 Å². The first-order valence-corrected chi connectivity index (χ1v) is 11.7. The van der Waals surface area contributed by atoms with Crippen molar-refractivity contribution in [3.05, 3.63) is 54.1 Å². The van der Waals surface area contributed by atoms with Crippen molar-refractivity contribution < 1.29 is 17.9 Å². The number of piperidine rings is 1. The Morgan fingerprint density at radius 1 is 1.03 bits per heavy atom. The first kappa shape index (κ1) is 22.2. The molecule has 1 saturated heterocycles. The summed E-state index contributed by atoms with van der Waals surface area (Å²) < 4.78 is 33.9. The van der Waals surface area contributed by atoms with Crippen molar-refractivity contribution >= 4 is 27.4 Å². The lowest BCUT2D eigenvalue weighted by Gasteiger charge is -2.34. The number of nitrogens with one attached hydrogen (secondary N) is 1. The van der Waals surface area contributed by atoms with Gasteiger partial charge in [0.2, 0.25) is 0 Å². The average Bonchev–Trinajstić information content (AvgIpc) is 2.67. The van der Waals surface area contributed by atoms with E-state index in [1.807, 2.05) is 45.9 Å². The highest BCUT2D eigenvalue weighted by atomic mass is 32.2. The minimum Gasteiger partial charge on any atom is -0.460 e. The molecular weight excluding hydrogens is 400 g/mol. The predicted octanol–water partition coefficient (Wildman–Crippen LogP) is 4.35. The van der Waals surface area contributed by atoms with Gasteiger partial charge < -0.3 is 9.64 Å². The fourth-order valence-electron chi connectivity index (χ4n) is 3.50. The smallest absolute Gasteiger partial charge is 0.309 e. The highest BCUT2D eigenvalue weighted by Crippen LogP contribution is 2.32. The molecule has 2 aromatic carbocycles. The number of hydrogen-bond acceptors (Lipinski definition) is 5. The van der Waals surface area contributed by atoms with Gasteiger partial charge in [-0.15, -0.1) is 0 Å². The van der Waals surface area contributed by atoms with Crippen LogP contribution in [0.15, 0.2) is 53.4 Å². The molecule has 1 fully saturated rings. The Balaban J connectivity index is 1.72. The summed E-state index contributed by atoms with van der Waals surface area (Å²) >= 11 is 0. The van der Waals surface area contributed by atoms with Crippen LogP contribution in [0.4, 0.5) is 11.4 Å². The molecule has 0 spiro atoms. The second-order valence-electron chi connectivity index (χ2n) is 8.73. The zero-order valence-corrected chi connectivity index (χ0v) is 18.8. The molecule has 3 rings (SSSR count). The third-order valence-corrected chi connectivity index (χ3v) is 6.44. The third kappa shape index (κ3) is 5.53. The van der Waals surface area contributed by atoms with Gasteiger partial charge in [0.05, 0.1) is 22.2 Å². The molecule has 7 heteroatoms. The Labute approximate surface area is 179 Å². The zero-order chi connectivity index (χ0) is 21.9. The van der Waals surface area contributed by atoms with E-state index in [0.29, 0.717) is 31.6 Å². The van der Waals surface area contributed by atoms with Crippen LogP contribution in [0.2, 0.25) is 0 Å². The average molecular weight is 431 g/mol. The molecule has 1 aliphatic heterocycles. The first-order valence-electron chi connectivity index (χ1n) is 10.2. The number of carbonyl (C=O) groups is 1. The summed E-state index contributed by atoms with van der Waals surface area (Å²) in [6, 6.07) is 14.1. The maximum atomic E-state index is 12.8. The van der Waals surface area contributed by atoms with Crippen LogP contribution in [0.3, 0.4) is 0 Å². The van der Waals surface area contributed by atoms with Crippen LogP contribution in [-0.4, -0.2) is 33.1 Å². The van der Waals surface area contributed by atoms with E-state index in [-0.39, 0.29) is 16.8 Å². The molecule has 1 heterocycles. The van der Waals surface area contributed by atoms with Crippen LogP contribution in [0.1, 0.15) is 39.2 Å². The maximum absolute atomic E-state index is 12.8. The molecule has 162 valence electrons. The number of aryl methyl sites for hydroxylation is 1. The lowest BCUT2D eigenvalue weighted by Crippen LogP contribution is -2.39. The molecule has 6 nitrogen and oxygen atoms in total. The standard InChI is InChI=1S/C23H30N2O4S/c1-17-9-11-19(12-10-17)30(27,28)24-20-7-5-6-8-21(20)25-15-13-18(14-16-25)22(26)29-23(2,3)4/h5-12,18,24H,13-16H2,1-4H3. The summed E-state index contributed by atoms with van der Waals surface area (Å²) in [7, 11) is -3.69. The number of nitrogens with zero attached hydrogens (tertiary/aromatic N) is 1. The molecule has 0 amide bonds. The number of anilines is 2. The Bertz CT molecular complexity index is 987. The summed E-state index contributed by atoms with van der Waals surface area (Å²) in [5, 5.41) is 0. The van der Waals surface area contributed by atoms with Crippen molar-refractivity contribution in [2.24, 2.45) is 5.92 Å². The molecule has 2 aromatic rings. The SMILES string of the molecule is Cc1ccc(S(=O)(=O)Nc2ccccc2N2CCC(C(=O)OC(C)(C)C)CC2)cc1. The summed E-state index contributed by atoms with van der Waals surface area (Å²) in [6.07, 6.45) is 1.35. The predicted molar refractivity (Wildman–Crippen MR) is 119 cm³/mol. The van der Waals surface area contributed by atoms with Crippen LogP contribution in [0, 0.1) is 12.8 Å². The highest BCUT2D eigenvalue weighted by Gasteiger charge is 2.30. The molecule has 0 saturated carbocycles. The van der Waals surface area contributed by atoms with Crippen LogP contribution >= 0.6 is 0 Å². The molecule has 30 heavy (non-hydrogen) atoms. The van der Waals surface area contributed by atoms with E-state index >= 15 is 0 Å². The van der Waals surface area contributed by atoms with Gasteiger partial charge in [-0.3, -0.25) is 9.52 Å². The molecule has 0 atom stereocenters. The van der Waals surface area contributed by atoms with Crippen LogP contribution in [0.5, 0.6) is 0 Å². The lowest BCUT2D eigenvalue weighted by molar-refractivity contribution is -0.160. The second-order valence-corrected chi connectivity index (χ2v) is 10.4. The van der Waals surface area contributed by atoms with Gasteiger partial charge in [-0.1, -0.05) is 29.8 Å². The maximum Gasteiger partial charge on any atom is 0.309 e. The second kappa shape index (κ2) is 8.68. The van der Waals surface area contributed by atoms with Crippen molar-refractivity contribution in [1.82, 2.24) is 0 Å². The van der Waals surface area contributed by atoms with Gasteiger partial charge in [0.25, 0.3) is 10.0 Å². The molecular formula is C23H30N2O4S. The molecule has 0 bridgehead atoms. The number of carbonyl (C=O) groups excluding carboxylic acids is 1. The molecule has 1 aliphatic rings. The van der Waals surface area contributed by atoms with Gasteiger partial charge in [0.15, 0.2) is 0 Å². The first-order chi connectivity index (χ1) is 14.0. The van der Waals surface area contributed by atoms with Crippen molar-refractivity contribution in [1.29, 1.82) is 0 Å². The normalized spacial score (nSPS) is 15.7. The Morgan fingerprint density at radius 2 is 1.63 bits per heavy atom. The highest BCUT2D eigenvalue weighted by molar-refractivity contribution is 7.92. The molecule has 0 radical (unpaired) electrons. The summed E-state index contributed by atoms with van der Waals surface area (Å²) in [5.41, 5.74) is 1.86. The quantitative estimate of drug-likeness (QED) is 0.714. The van der Waals surface area contributed by atoms with Crippen molar-refractivity contribution in [2.75, 3.05) is 22.7 Å². The van der Waals surface area contributed by atoms with Crippen molar-refractivity contribution in [3.8, 4) is 0 Å². The van der Waals surface area contributed by atoms with Gasteiger partial charge in [-0.05, 0) is 64.8 Å². The fourth-order valence-corrected chi connectivity index (χ4v) is 4.57. The number of sulfonamides is 1. The minimum absolute atomic E-state index is 0.128. The van der Waals surface area contributed by atoms with Crippen LogP contribution in [0.25, 0.3) is 0 Å². The number of para-hydroxylation sites is 2. The number of benzene rings is 2. The molecule has 0 aromatic heterocycles. The molecule has 0 aliphatic carbocycles. The Kier molecular flexibility index (Phi) is 6.41. The molecule has 1 N–H and O–H groups in total. The number of rotatable bonds is 5. The largest absolute Gasteiger partial charge is 0.460 e. The van der Waals surface area contributed by atoms with Gasteiger partial charge in [-0.25, -0.2) is 8.42 Å². The summed E-state index contributed by atoms with van der Waals surface area (Å²) in [4.78, 5) is 14.7. The fraction of sp³-hybridized carbons (Fsp3) is 0.435. The van der Waals surface area contributed by atoms with Gasteiger partial charge >= 0.3 is 5.97 Å². The van der Waals surface area contributed by atoms with Crippen LogP contribution < -0.4 is 9.62 Å². The van der Waals surface area contributed by atoms with Gasteiger partial charge in [0, 0.05) is 13.1 Å². The Morgan fingerprint density at radius 3 is 2.23 bits per heavy atom. The Hall–Kier alpha value is -2.54. The number of hydrogen-bond donors (Lipinski definition) is 1. The third-order valence-electron chi connectivity index (χ3n) is 5.06. The summed E-state index contributed by atoms with van der Waals surface area (Å²) in [5.74, 6) is -0.285. The van der Waals surface area contributed by atoms with Crippen LogP contribution in [-0.2, 0) is 19.6 Å². The van der Waals surface area contributed by atoms with E-state index < -0.39 is 15.6 Å². The van der Waals surface area contributed by atoms with E-state index in [1.165, 1.54) is 0 Å². The van der Waals surface area contributed by atoms with E-state index in [2.05, 4.69) is 9.62 Å². The summed E-state index contributed by atoms with van der Waals surface area (Å²) in [6.45, 7) is 8.85. The van der Waals surface area contributed by atoms with Crippen molar-refractivity contribution in [3.63, 3.8) is 0 Å². The van der Waals surface area contributed by atoms with E-state index in [0.717, 1.165) is 11.3 Å².